The second-order valence-electron chi connectivity index (χ2n) is 1.88. The molecule has 1 aromatic rings. The van der Waals surface area contributed by atoms with Crippen LogP contribution in [0.5, 0.6) is 0 Å². The monoisotopic (exact) mass is 166 g/mol. The van der Waals surface area contributed by atoms with E-state index in [1.165, 1.54) is 12.4 Å². The molecular formula is C4H4BF3NS-. The molecule has 0 aliphatic heterocycles. The van der Waals surface area contributed by atoms with Crippen LogP contribution >= 0.6 is 11.3 Å². The average Bonchev–Trinajstić information content (AvgIpc) is 2.11. The topological polar surface area (TPSA) is 12.9 Å². The molecule has 6 heteroatoms. The molecule has 0 saturated carbocycles. The van der Waals surface area contributed by atoms with Gasteiger partial charge in [0.2, 0.25) is 0 Å². The van der Waals surface area contributed by atoms with Crippen LogP contribution in [0.1, 0.15) is 5.69 Å². The Labute approximate surface area is 60.0 Å². The molecule has 0 saturated heterocycles. The van der Waals surface area contributed by atoms with Crippen LogP contribution in [0.15, 0.2) is 5.51 Å². The van der Waals surface area contributed by atoms with Gasteiger partial charge in [-0.2, -0.15) is 11.3 Å². The Morgan fingerprint density at radius 2 is 2.10 bits per heavy atom. The zero-order valence-corrected chi connectivity index (χ0v) is 5.96. The molecule has 0 N–H and O–H groups in total. The van der Waals surface area contributed by atoms with Gasteiger partial charge in [-0.05, 0) is 11.7 Å². The van der Waals surface area contributed by atoms with Crippen molar-refractivity contribution in [2.45, 2.75) is 6.92 Å². The van der Waals surface area contributed by atoms with Crippen molar-refractivity contribution in [1.29, 1.82) is 0 Å². The average molecular weight is 166 g/mol. The molecular weight excluding hydrogens is 162 g/mol. The summed E-state index contributed by atoms with van der Waals surface area (Å²) in [6, 6.07) is 0. The maximum Gasteiger partial charge on any atom is 0.521 e. The van der Waals surface area contributed by atoms with Crippen LogP contribution in [-0.2, 0) is 0 Å². The number of rotatable bonds is 1. The number of aryl methyl sites for hydroxylation is 1. The molecule has 1 aromatic heterocycles. The number of halogens is 3. The summed E-state index contributed by atoms with van der Waals surface area (Å²) in [5, 5.41) is 0. The third-order valence-electron chi connectivity index (χ3n) is 1.08. The summed E-state index contributed by atoms with van der Waals surface area (Å²) >= 11 is 0.648. The van der Waals surface area contributed by atoms with Gasteiger partial charge in [-0.1, -0.05) is 0 Å². The fourth-order valence-electron chi connectivity index (χ4n) is 0.625. The van der Waals surface area contributed by atoms with Crippen molar-refractivity contribution < 1.29 is 12.9 Å². The second kappa shape index (κ2) is 2.27. The minimum absolute atomic E-state index is 0.0810. The fraction of sp³-hybridized carbons (Fsp3) is 0.250. The van der Waals surface area contributed by atoms with E-state index in [-0.39, 0.29) is 5.69 Å². The number of aromatic nitrogens is 1. The first-order chi connectivity index (χ1) is 4.52. The molecule has 1 heterocycles. The molecule has 1 nitrogen and oxygen atoms in total. The number of nitrogens with zero attached hydrogens (tertiary/aromatic N) is 1. The predicted octanol–water partition coefficient (Wildman–Crippen LogP) is 1.51. The SMILES string of the molecule is Cc1ncsc1[B-](F)(F)F. The lowest BCUT2D eigenvalue weighted by Gasteiger charge is -2.11. The molecule has 0 spiro atoms. The summed E-state index contributed by atoms with van der Waals surface area (Å²) in [6.45, 7) is -3.47. The standard InChI is InChI=1S/C4H4BF3NS/c1-3-4(5(6,7)8)10-2-9-3/h2H,1H3/q-1. The summed E-state index contributed by atoms with van der Waals surface area (Å²) in [7, 11) is 0. The molecule has 0 fully saturated rings. The summed E-state index contributed by atoms with van der Waals surface area (Å²) in [5.74, 6) is 0. The summed E-state index contributed by atoms with van der Waals surface area (Å²) in [5.41, 5.74) is 1.29. The van der Waals surface area contributed by atoms with Crippen LogP contribution in [0.3, 0.4) is 0 Å². The normalized spacial score (nSPS) is 12.0. The minimum Gasteiger partial charge on any atom is -0.444 e. The maximum absolute atomic E-state index is 11.9. The van der Waals surface area contributed by atoms with Crippen molar-refractivity contribution in [3.63, 3.8) is 0 Å². The van der Waals surface area contributed by atoms with Crippen molar-refractivity contribution in [2.24, 2.45) is 0 Å². The van der Waals surface area contributed by atoms with Crippen LogP contribution in [0, 0.1) is 6.92 Å². The quantitative estimate of drug-likeness (QED) is 0.576. The molecule has 56 valence electrons. The fourth-order valence-corrected chi connectivity index (χ4v) is 1.33. The molecule has 0 aromatic carbocycles. The van der Waals surface area contributed by atoms with E-state index < -0.39 is 11.8 Å². The summed E-state index contributed by atoms with van der Waals surface area (Å²) in [6.07, 6.45) is 0. The van der Waals surface area contributed by atoms with E-state index >= 15 is 0 Å². The first kappa shape index (κ1) is 7.59. The molecule has 0 amide bonds. The first-order valence-corrected chi connectivity index (χ1v) is 3.49. The largest absolute Gasteiger partial charge is 0.521 e. The first-order valence-electron chi connectivity index (χ1n) is 2.61. The number of hydrogen-bond donors (Lipinski definition) is 0. The van der Waals surface area contributed by atoms with Gasteiger partial charge in [0.25, 0.3) is 0 Å². The lowest BCUT2D eigenvalue weighted by Crippen LogP contribution is -2.33. The van der Waals surface area contributed by atoms with E-state index in [0.717, 1.165) is 0 Å². The molecule has 0 radical (unpaired) electrons. The van der Waals surface area contributed by atoms with Crippen molar-refractivity contribution in [3.8, 4) is 0 Å². The Morgan fingerprint density at radius 3 is 2.30 bits per heavy atom. The van der Waals surface area contributed by atoms with Crippen molar-refractivity contribution in [2.75, 3.05) is 0 Å². The third kappa shape index (κ3) is 1.31. The Hall–Kier alpha value is -0.515. The van der Waals surface area contributed by atoms with Crippen LogP contribution < -0.4 is 4.78 Å². The molecule has 0 aliphatic rings. The maximum atomic E-state index is 11.9. The highest BCUT2D eigenvalue weighted by Crippen LogP contribution is 2.13. The Balaban J connectivity index is 3.05. The van der Waals surface area contributed by atoms with Gasteiger partial charge in [0.05, 0.1) is 5.51 Å². The van der Waals surface area contributed by atoms with E-state index in [9.17, 15) is 12.9 Å². The van der Waals surface area contributed by atoms with Gasteiger partial charge < -0.3 is 12.9 Å². The Morgan fingerprint density at radius 1 is 1.50 bits per heavy atom. The third-order valence-corrected chi connectivity index (χ3v) is 2.11. The molecule has 10 heavy (non-hydrogen) atoms. The number of thiazole rings is 1. The van der Waals surface area contributed by atoms with Gasteiger partial charge in [0, 0.05) is 5.69 Å². The van der Waals surface area contributed by atoms with Gasteiger partial charge in [0.15, 0.2) is 0 Å². The molecule has 1 rings (SSSR count). The van der Waals surface area contributed by atoms with Gasteiger partial charge in [-0.25, -0.2) is 0 Å². The van der Waals surface area contributed by atoms with Crippen molar-refractivity contribution >= 4 is 23.1 Å². The van der Waals surface area contributed by atoms with Gasteiger partial charge >= 0.3 is 6.98 Å². The zero-order chi connectivity index (χ0) is 7.78. The van der Waals surface area contributed by atoms with Crippen LogP contribution in [-0.4, -0.2) is 12.0 Å². The lowest BCUT2D eigenvalue weighted by molar-refractivity contribution is 0.502. The lowest BCUT2D eigenvalue weighted by atomic mass is 9.88. The van der Waals surface area contributed by atoms with E-state index in [1.807, 2.05) is 0 Å². The summed E-state index contributed by atoms with van der Waals surface area (Å²) in [4.78, 5) is 3.50. The Kier molecular flexibility index (Phi) is 1.72. The van der Waals surface area contributed by atoms with Crippen LogP contribution in [0.2, 0.25) is 0 Å². The van der Waals surface area contributed by atoms with Gasteiger partial charge in [0.1, 0.15) is 0 Å². The van der Waals surface area contributed by atoms with E-state index in [4.69, 9.17) is 0 Å². The highest BCUT2D eigenvalue weighted by atomic mass is 32.1. The van der Waals surface area contributed by atoms with Crippen LogP contribution in [0.4, 0.5) is 12.9 Å². The molecule has 0 unspecified atom stereocenters. The minimum atomic E-state index is -4.83. The highest BCUT2D eigenvalue weighted by molar-refractivity contribution is 7.22. The second-order valence-corrected chi connectivity index (χ2v) is 2.76. The Bertz CT molecular complexity index is 231. The van der Waals surface area contributed by atoms with E-state index in [1.54, 1.807) is 0 Å². The van der Waals surface area contributed by atoms with Crippen molar-refractivity contribution in [1.82, 2.24) is 4.98 Å². The van der Waals surface area contributed by atoms with Gasteiger partial charge in [-0.3, -0.25) is 4.98 Å². The number of hydrogen-bond acceptors (Lipinski definition) is 2. The molecule has 0 bridgehead atoms. The van der Waals surface area contributed by atoms with Gasteiger partial charge in [-0.15, -0.1) is 0 Å². The zero-order valence-electron chi connectivity index (χ0n) is 5.14. The smallest absolute Gasteiger partial charge is 0.444 e. The van der Waals surface area contributed by atoms with Crippen molar-refractivity contribution in [3.05, 3.63) is 11.2 Å². The van der Waals surface area contributed by atoms with E-state index in [2.05, 4.69) is 4.98 Å². The summed E-state index contributed by atoms with van der Waals surface area (Å²) < 4.78 is 35.2. The molecule has 0 aliphatic carbocycles. The molecule has 0 atom stereocenters. The van der Waals surface area contributed by atoms with E-state index in [0.29, 0.717) is 11.3 Å². The predicted molar refractivity (Wildman–Crippen MR) is 35.6 cm³/mol. The highest BCUT2D eigenvalue weighted by Gasteiger charge is 2.29. The van der Waals surface area contributed by atoms with Crippen LogP contribution in [0.25, 0.3) is 0 Å².